The standard InChI is InChI=1S/C16H19N3O2/c1-18(2)12-14-5-3-13(4-6-14)11-17-16(20)15-7-9-19(21)10-8-15/h3-10H,11-12H2,1-2H3,(H,17,20). The van der Waals surface area contributed by atoms with Gasteiger partial charge in [-0.3, -0.25) is 4.79 Å². The molecule has 1 aromatic heterocycles. The van der Waals surface area contributed by atoms with Crippen molar-refractivity contribution in [3.63, 3.8) is 0 Å². The molecule has 110 valence electrons. The molecule has 1 amide bonds. The molecule has 0 bridgehead atoms. The van der Waals surface area contributed by atoms with E-state index in [0.29, 0.717) is 16.8 Å². The number of nitrogens with zero attached hydrogens (tertiary/aromatic N) is 2. The molecular weight excluding hydrogens is 266 g/mol. The Labute approximate surface area is 124 Å². The maximum Gasteiger partial charge on any atom is 0.252 e. The van der Waals surface area contributed by atoms with Crippen molar-refractivity contribution in [2.45, 2.75) is 13.1 Å². The van der Waals surface area contributed by atoms with Crippen molar-refractivity contribution >= 4 is 5.91 Å². The highest BCUT2D eigenvalue weighted by Crippen LogP contribution is 2.06. The second kappa shape index (κ2) is 6.85. The fraction of sp³-hybridized carbons (Fsp3) is 0.250. The van der Waals surface area contributed by atoms with E-state index in [4.69, 9.17) is 0 Å². The van der Waals surface area contributed by atoms with Crippen LogP contribution in [0.25, 0.3) is 0 Å². The van der Waals surface area contributed by atoms with Crippen LogP contribution in [0, 0.1) is 5.21 Å². The number of rotatable bonds is 5. The molecular formula is C16H19N3O2. The van der Waals surface area contributed by atoms with Gasteiger partial charge < -0.3 is 15.4 Å². The van der Waals surface area contributed by atoms with Crippen molar-refractivity contribution in [2.75, 3.05) is 14.1 Å². The Balaban J connectivity index is 1.90. The number of carbonyl (C=O) groups is 1. The lowest BCUT2D eigenvalue weighted by Crippen LogP contribution is -2.27. The number of hydrogen-bond acceptors (Lipinski definition) is 3. The minimum atomic E-state index is -0.187. The van der Waals surface area contributed by atoms with Crippen LogP contribution in [0.15, 0.2) is 48.8 Å². The summed E-state index contributed by atoms with van der Waals surface area (Å²) < 4.78 is 0.653. The Morgan fingerprint density at radius 3 is 2.24 bits per heavy atom. The van der Waals surface area contributed by atoms with Gasteiger partial charge in [-0.25, -0.2) is 0 Å². The normalized spacial score (nSPS) is 10.6. The van der Waals surface area contributed by atoms with E-state index in [1.807, 2.05) is 26.2 Å². The lowest BCUT2D eigenvalue weighted by Gasteiger charge is -2.10. The van der Waals surface area contributed by atoms with Gasteiger partial charge in [0.05, 0.1) is 5.56 Å². The number of nitrogens with one attached hydrogen (secondary N) is 1. The Hall–Kier alpha value is -2.40. The smallest absolute Gasteiger partial charge is 0.252 e. The molecule has 1 aromatic carbocycles. The van der Waals surface area contributed by atoms with Crippen molar-refractivity contribution in [3.05, 3.63) is 70.7 Å². The molecule has 0 unspecified atom stereocenters. The summed E-state index contributed by atoms with van der Waals surface area (Å²) in [5, 5.41) is 13.7. The van der Waals surface area contributed by atoms with Crippen molar-refractivity contribution in [3.8, 4) is 0 Å². The first-order valence-corrected chi connectivity index (χ1v) is 6.74. The van der Waals surface area contributed by atoms with Gasteiger partial charge in [-0.05, 0) is 25.2 Å². The fourth-order valence-electron chi connectivity index (χ4n) is 1.98. The molecule has 0 radical (unpaired) electrons. The summed E-state index contributed by atoms with van der Waals surface area (Å²) >= 11 is 0. The first-order valence-electron chi connectivity index (χ1n) is 6.74. The van der Waals surface area contributed by atoms with Gasteiger partial charge in [-0.15, -0.1) is 0 Å². The zero-order valence-corrected chi connectivity index (χ0v) is 12.2. The molecule has 0 spiro atoms. The average molecular weight is 285 g/mol. The zero-order chi connectivity index (χ0) is 15.2. The van der Waals surface area contributed by atoms with Gasteiger partial charge in [0.15, 0.2) is 12.4 Å². The summed E-state index contributed by atoms with van der Waals surface area (Å²) in [6, 6.07) is 11.1. The average Bonchev–Trinajstić information content (AvgIpc) is 2.46. The summed E-state index contributed by atoms with van der Waals surface area (Å²) in [6.07, 6.45) is 2.62. The van der Waals surface area contributed by atoms with E-state index in [0.717, 1.165) is 12.1 Å². The molecule has 0 aliphatic heterocycles. The van der Waals surface area contributed by atoms with Crippen LogP contribution in [0.5, 0.6) is 0 Å². The highest BCUT2D eigenvalue weighted by molar-refractivity contribution is 5.93. The first-order chi connectivity index (χ1) is 10.0. The van der Waals surface area contributed by atoms with E-state index in [1.165, 1.54) is 30.1 Å². The van der Waals surface area contributed by atoms with Gasteiger partial charge in [0, 0.05) is 25.2 Å². The second-order valence-electron chi connectivity index (χ2n) is 5.18. The Morgan fingerprint density at radius 2 is 1.67 bits per heavy atom. The molecule has 0 fully saturated rings. The number of carbonyl (C=O) groups excluding carboxylic acids is 1. The fourth-order valence-corrected chi connectivity index (χ4v) is 1.98. The summed E-state index contributed by atoms with van der Waals surface area (Å²) in [6.45, 7) is 1.36. The molecule has 0 atom stereocenters. The number of aromatic nitrogens is 1. The first kappa shape index (κ1) is 15.0. The maximum absolute atomic E-state index is 11.9. The number of amides is 1. The molecule has 2 rings (SSSR count). The van der Waals surface area contributed by atoms with Crippen LogP contribution >= 0.6 is 0 Å². The van der Waals surface area contributed by atoms with E-state index < -0.39 is 0 Å². The highest BCUT2D eigenvalue weighted by atomic mass is 16.5. The quantitative estimate of drug-likeness (QED) is 0.665. The van der Waals surface area contributed by atoms with Crippen molar-refractivity contribution in [1.82, 2.24) is 10.2 Å². The molecule has 0 aliphatic carbocycles. The van der Waals surface area contributed by atoms with E-state index in [2.05, 4.69) is 22.3 Å². The molecule has 0 saturated heterocycles. The Kier molecular flexibility index (Phi) is 4.90. The summed E-state index contributed by atoms with van der Waals surface area (Å²) in [5.41, 5.74) is 2.75. The molecule has 1 heterocycles. The predicted molar refractivity (Wildman–Crippen MR) is 80.4 cm³/mol. The zero-order valence-electron chi connectivity index (χ0n) is 12.2. The van der Waals surface area contributed by atoms with Gasteiger partial charge >= 0.3 is 0 Å². The van der Waals surface area contributed by atoms with Crippen LogP contribution in [-0.2, 0) is 13.1 Å². The third-order valence-electron chi connectivity index (χ3n) is 3.04. The maximum atomic E-state index is 11.9. The van der Waals surface area contributed by atoms with Gasteiger partial charge in [-0.2, -0.15) is 4.73 Å². The van der Waals surface area contributed by atoms with Gasteiger partial charge in [0.1, 0.15) is 0 Å². The molecule has 5 heteroatoms. The third-order valence-corrected chi connectivity index (χ3v) is 3.04. The Morgan fingerprint density at radius 1 is 1.10 bits per heavy atom. The number of pyridine rings is 1. The lowest BCUT2D eigenvalue weighted by atomic mass is 10.1. The topological polar surface area (TPSA) is 59.3 Å². The molecule has 0 aliphatic rings. The summed E-state index contributed by atoms with van der Waals surface area (Å²) in [7, 11) is 4.05. The molecule has 1 N–H and O–H groups in total. The highest BCUT2D eigenvalue weighted by Gasteiger charge is 2.06. The van der Waals surface area contributed by atoms with Crippen LogP contribution in [0.2, 0.25) is 0 Å². The van der Waals surface area contributed by atoms with Gasteiger partial charge in [-0.1, -0.05) is 24.3 Å². The Bertz CT molecular complexity index is 592. The van der Waals surface area contributed by atoms with Crippen LogP contribution in [0.3, 0.4) is 0 Å². The van der Waals surface area contributed by atoms with Crippen LogP contribution in [0.1, 0.15) is 21.5 Å². The molecule has 5 nitrogen and oxygen atoms in total. The van der Waals surface area contributed by atoms with Crippen LogP contribution < -0.4 is 10.0 Å². The predicted octanol–water partition coefficient (Wildman–Crippen LogP) is 1.31. The van der Waals surface area contributed by atoms with Crippen molar-refractivity contribution in [2.24, 2.45) is 0 Å². The van der Waals surface area contributed by atoms with Gasteiger partial charge in [0.2, 0.25) is 0 Å². The number of benzene rings is 1. The van der Waals surface area contributed by atoms with Crippen molar-refractivity contribution in [1.29, 1.82) is 0 Å². The SMILES string of the molecule is CN(C)Cc1ccc(CNC(=O)c2cc[n+]([O-])cc2)cc1. The minimum Gasteiger partial charge on any atom is -0.619 e. The minimum absolute atomic E-state index is 0.187. The van der Waals surface area contributed by atoms with E-state index in [9.17, 15) is 10.0 Å². The lowest BCUT2D eigenvalue weighted by molar-refractivity contribution is -0.605. The monoisotopic (exact) mass is 285 g/mol. The van der Waals surface area contributed by atoms with E-state index in [-0.39, 0.29) is 5.91 Å². The summed E-state index contributed by atoms with van der Waals surface area (Å²) in [4.78, 5) is 14.0. The largest absolute Gasteiger partial charge is 0.619 e. The van der Waals surface area contributed by atoms with Crippen LogP contribution in [-0.4, -0.2) is 24.9 Å². The van der Waals surface area contributed by atoms with Crippen LogP contribution in [0.4, 0.5) is 0 Å². The molecule has 2 aromatic rings. The number of hydrogen-bond donors (Lipinski definition) is 1. The third kappa shape index (κ3) is 4.57. The van der Waals surface area contributed by atoms with E-state index in [1.54, 1.807) is 0 Å². The van der Waals surface area contributed by atoms with E-state index >= 15 is 0 Å². The molecule has 0 saturated carbocycles. The molecule has 21 heavy (non-hydrogen) atoms. The van der Waals surface area contributed by atoms with Crippen molar-refractivity contribution < 1.29 is 9.52 Å². The second-order valence-corrected chi connectivity index (χ2v) is 5.18. The van der Waals surface area contributed by atoms with Gasteiger partial charge in [0.25, 0.3) is 5.91 Å². The summed E-state index contributed by atoms with van der Waals surface area (Å²) in [5.74, 6) is -0.187.